The van der Waals surface area contributed by atoms with Gasteiger partial charge in [-0.05, 0) is 23.4 Å². The average Bonchev–Trinajstić information content (AvgIpc) is 2.96. The van der Waals surface area contributed by atoms with Crippen LogP contribution in [-0.2, 0) is 26.1 Å². The van der Waals surface area contributed by atoms with E-state index in [0.717, 1.165) is 30.3 Å². The van der Waals surface area contributed by atoms with Crippen LogP contribution in [0.3, 0.4) is 0 Å². The van der Waals surface area contributed by atoms with Gasteiger partial charge in [0.25, 0.3) is 0 Å². The molecule has 1 aliphatic heterocycles. The Labute approximate surface area is 109 Å². The lowest BCUT2D eigenvalue weighted by molar-refractivity contribution is 0.245. The van der Waals surface area contributed by atoms with E-state index in [1.54, 1.807) is 16.2 Å². The Bertz CT molecular complexity index is 503. The van der Waals surface area contributed by atoms with Gasteiger partial charge in [-0.1, -0.05) is 0 Å². The summed E-state index contributed by atoms with van der Waals surface area (Å²) < 4.78 is 0. The normalized spacial score (nSPS) is 16.1. The van der Waals surface area contributed by atoms with Gasteiger partial charge in [-0.15, -0.1) is 22.7 Å². The molecule has 2 N–H and O–H groups in total. The van der Waals surface area contributed by atoms with Crippen molar-refractivity contribution in [1.29, 1.82) is 0 Å². The summed E-state index contributed by atoms with van der Waals surface area (Å²) in [5, 5.41) is 5.36. The molecule has 0 amide bonds. The Morgan fingerprint density at radius 1 is 1.41 bits per heavy atom. The first kappa shape index (κ1) is 11.3. The van der Waals surface area contributed by atoms with Gasteiger partial charge < -0.3 is 5.73 Å². The lowest BCUT2D eigenvalue weighted by atomic mass is 10.1. The van der Waals surface area contributed by atoms with E-state index in [-0.39, 0.29) is 0 Å². The zero-order chi connectivity index (χ0) is 11.7. The van der Waals surface area contributed by atoms with Crippen LogP contribution in [-0.4, -0.2) is 16.4 Å². The number of hydrogen-bond acceptors (Lipinski definition) is 5. The second kappa shape index (κ2) is 4.86. The molecule has 0 aromatic carbocycles. The highest BCUT2D eigenvalue weighted by Gasteiger charge is 2.17. The van der Waals surface area contributed by atoms with E-state index in [1.165, 1.54) is 12.0 Å². The van der Waals surface area contributed by atoms with E-state index < -0.39 is 0 Å². The number of nitrogens with zero attached hydrogens (tertiary/aromatic N) is 2. The second-order valence-corrected chi connectivity index (χ2v) is 6.21. The predicted molar refractivity (Wildman–Crippen MR) is 72.1 cm³/mol. The van der Waals surface area contributed by atoms with Crippen molar-refractivity contribution >= 4 is 22.7 Å². The summed E-state index contributed by atoms with van der Waals surface area (Å²) in [4.78, 5) is 8.54. The molecule has 90 valence electrons. The fourth-order valence-electron chi connectivity index (χ4n) is 2.19. The van der Waals surface area contributed by atoms with E-state index in [9.17, 15) is 0 Å². The monoisotopic (exact) mass is 265 g/mol. The van der Waals surface area contributed by atoms with Gasteiger partial charge >= 0.3 is 0 Å². The molecule has 0 radical (unpaired) electrons. The van der Waals surface area contributed by atoms with Crippen molar-refractivity contribution in [1.82, 2.24) is 9.88 Å². The van der Waals surface area contributed by atoms with Crippen molar-refractivity contribution in [2.45, 2.75) is 26.1 Å². The molecule has 17 heavy (non-hydrogen) atoms. The minimum absolute atomic E-state index is 0.555. The molecule has 3 nitrogen and oxygen atoms in total. The highest BCUT2D eigenvalue weighted by Crippen LogP contribution is 2.25. The van der Waals surface area contributed by atoms with Crippen LogP contribution >= 0.6 is 22.7 Å². The molecule has 3 heterocycles. The molecule has 3 rings (SSSR count). The van der Waals surface area contributed by atoms with Crippen LogP contribution in [0.25, 0.3) is 0 Å². The number of aromatic nitrogens is 1. The number of nitrogens with two attached hydrogens (primary N) is 1. The van der Waals surface area contributed by atoms with Crippen molar-refractivity contribution in [3.8, 4) is 0 Å². The molecule has 1 aliphatic rings. The molecule has 2 aromatic heterocycles. The van der Waals surface area contributed by atoms with Crippen LogP contribution in [0.15, 0.2) is 16.8 Å². The first-order chi connectivity index (χ1) is 8.35. The maximum atomic E-state index is 5.58. The number of thiazole rings is 1. The minimum atomic E-state index is 0.555. The highest BCUT2D eigenvalue weighted by molar-refractivity contribution is 7.10. The summed E-state index contributed by atoms with van der Waals surface area (Å²) in [5.41, 5.74) is 8.24. The molecule has 2 aromatic rings. The fraction of sp³-hybridized carbons (Fsp3) is 0.417. The average molecular weight is 265 g/mol. The molecule has 0 bridgehead atoms. The van der Waals surface area contributed by atoms with Gasteiger partial charge in [0, 0.05) is 36.4 Å². The van der Waals surface area contributed by atoms with Gasteiger partial charge in [0.15, 0.2) is 0 Å². The van der Waals surface area contributed by atoms with Crippen LogP contribution in [0.4, 0.5) is 0 Å². The van der Waals surface area contributed by atoms with Gasteiger partial charge in [0.05, 0.1) is 5.69 Å². The fourth-order valence-corrected chi connectivity index (χ4v) is 3.74. The van der Waals surface area contributed by atoms with E-state index in [0.29, 0.717) is 6.54 Å². The molecule has 0 atom stereocenters. The lowest BCUT2D eigenvalue weighted by Crippen LogP contribution is -2.29. The minimum Gasteiger partial charge on any atom is -0.325 e. The molecule has 0 unspecified atom stereocenters. The van der Waals surface area contributed by atoms with Crippen LogP contribution in [0.1, 0.15) is 21.1 Å². The van der Waals surface area contributed by atoms with Crippen molar-refractivity contribution in [3.05, 3.63) is 38.0 Å². The van der Waals surface area contributed by atoms with Gasteiger partial charge in [-0.25, -0.2) is 4.98 Å². The Morgan fingerprint density at radius 3 is 3.18 bits per heavy atom. The summed E-state index contributed by atoms with van der Waals surface area (Å²) in [5.74, 6) is 0. The Balaban J connectivity index is 1.67. The predicted octanol–water partition coefficient (Wildman–Crippen LogP) is 2.22. The summed E-state index contributed by atoms with van der Waals surface area (Å²) in [7, 11) is 0. The summed E-state index contributed by atoms with van der Waals surface area (Å²) in [6.07, 6.45) is 1.18. The highest BCUT2D eigenvalue weighted by atomic mass is 32.1. The van der Waals surface area contributed by atoms with Crippen molar-refractivity contribution in [3.63, 3.8) is 0 Å². The van der Waals surface area contributed by atoms with Crippen molar-refractivity contribution < 1.29 is 0 Å². The summed E-state index contributed by atoms with van der Waals surface area (Å²) in [6.45, 7) is 3.71. The van der Waals surface area contributed by atoms with E-state index in [1.807, 2.05) is 11.3 Å². The third-order valence-electron chi connectivity index (χ3n) is 3.05. The quantitative estimate of drug-likeness (QED) is 0.925. The van der Waals surface area contributed by atoms with E-state index >= 15 is 0 Å². The van der Waals surface area contributed by atoms with Gasteiger partial charge in [-0.2, -0.15) is 0 Å². The molecule has 0 spiro atoms. The maximum Gasteiger partial charge on any atom is 0.106 e. The molecule has 5 heteroatoms. The largest absolute Gasteiger partial charge is 0.325 e. The number of fused-ring (bicyclic) bond motifs is 1. The van der Waals surface area contributed by atoms with E-state index in [4.69, 9.17) is 5.73 Å². The maximum absolute atomic E-state index is 5.58. The molecule has 0 saturated carbocycles. The number of thiophene rings is 1. The van der Waals surface area contributed by atoms with Crippen LogP contribution in [0.5, 0.6) is 0 Å². The van der Waals surface area contributed by atoms with Gasteiger partial charge in [0.1, 0.15) is 5.01 Å². The summed E-state index contributed by atoms with van der Waals surface area (Å²) in [6, 6.07) is 2.25. The van der Waals surface area contributed by atoms with Gasteiger partial charge in [0.2, 0.25) is 0 Å². The SMILES string of the molecule is NCc1nc(CN2CCc3sccc3C2)cs1. The van der Waals surface area contributed by atoms with Crippen LogP contribution < -0.4 is 5.73 Å². The Kier molecular flexibility index (Phi) is 3.24. The number of rotatable bonds is 3. The van der Waals surface area contributed by atoms with Crippen LogP contribution in [0, 0.1) is 0 Å². The third kappa shape index (κ3) is 2.42. The van der Waals surface area contributed by atoms with Crippen molar-refractivity contribution in [2.24, 2.45) is 5.73 Å². The van der Waals surface area contributed by atoms with Crippen LogP contribution in [0.2, 0.25) is 0 Å². The molecule has 0 aliphatic carbocycles. The Hall–Kier alpha value is -0.750. The lowest BCUT2D eigenvalue weighted by Gasteiger charge is -2.25. The zero-order valence-electron chi connectivity index (χ0n) is 9.56. The Morgan fingerprint density at radius 2 is 2.35 bits per heavy atom. The topological polar surface area (TPSA) is 42.1 Å². The first-order valence-electron chi connectivity index (χ1n) is 5.76. The van der Waals surface area contributed by atoms with Crippen molar-refractivity contribution in [2.75, 3.05) is 6.54 Å². The zero-order valence-corrected chi connectivity index (χ0v) is 11.2. The summed E-state index contributed by atoms with van der Waals surface area (Å²) >= 11 is 3.55. The first-order valence-corrected chi connectivity index (χ1v) is 7.52. The second-order valence-electron chi connectivity index (χ2n) is 4.27. The van der Waals surface area contributed by atoms with E-state index in [2.05, 4.69) is 26.7 Å². The standard InChI is InChI=1S/C12H15N3S2/c13-5-12-14-10(8-17-12)7-15-3-1-11-9(6-15)2-4-16-11/h2,4,8H,1,3,5-7,13H2. The van der Waals surface area contributed by atoms with Gasteiger partial charge in [-0.3, -0.25) is 4.90 Å². The molecule has 0 saturated heterocycles. The molecular weight excluding hydrogens is 250 g/mol. The molecule has 0 fully saturated rings. The molecular formula is C12H15N3S2. The third-order valence-corrected chi connectivity index (χ3v) is 4.99. The smallest absolute Gasteiger partial charge is 0.106 e. The number of hydrogen-bond donors (Lipinski definition) is 1.